The number of hydrogen-bond acceptors (Lipinski definition) is 3. The lowest BCUT2D eigenvalue weighted by atomic mass is 9.88. The zero-order chi connectivity index (χ0) is 18.8. The van der Waals surface area contributed by atoms with E-state index in [9.17, 15) is 19.1 Å². The van der Waals surface area contributed by atoms with Crippen molar-refractivity contribution < 1.29 is 28.9 Å². The van der Waals surface area contributed by atoms with Crippen LogP contribution in [0.3, 0.4) is 0 Å². The molecule has 1 aliphatic rings. The summed E-state index contributed by atoms with van der Waals surface area (Å²) < 4.78 is 19.4. The molecule has 2 N–H and O–H groups in total. The standard InChI is InChI=1S/C19H18FNO5/c1-11(18(22)23)26-16-7-6-13(20)10-15(16)17-14-5-3-2-4-12(14)8-9-21(17)19(24)25/h2-7,10-11,17H,8-9H2,1H3,(H,22,23)(H,24,25)/t11-,17+/m1/s1. The molecule has 7 heteroatoms. The number of ether oxygens (including phenoxy) is 1. The molecule has 0 aromatic heterocycles. The molecule has 26 heavy (non-hydrogen) atoms. The molecule has 2 aromatic rings. The molecule has 0 radical (unpaired) electrons. The Kier molecular flexibility index (Phi) is 4.79. The van der Waals surface area contributed by atoms with Crippen LogP contribution in [0, 0.1) is 5.82 Å². The van der Waals surface area contributed by atoms with E-state index in [2.05, 4.69) is 0 Å². The van der Waals surface area contributed by atoms with E-state index in [0.717, 1.165) is 17.2 Å². The van der Waals surface area contributed by atoms with Gasteiger partial charge in [-0.3, -0.25) is 4.90 Å². The maximum absolute atomic E-state index is 14.0. The van der Waals surface area contributed by atoms with Crippen molar-refractivity contribution >= 4 is 12.1 Å². The number of carboxylic acids is 1. The number of nitrogens with zero attached hydrogens (tertiary/aromatic N) is 1. The topological polar surface area (TPSA) is 87.1 Å². The number of benzene rings is 2. The van der Waals surface area contributed by atoms with E-state index in [1.54, 1.807) is 12.1 Å². The zero-order valence-electron chi connectivity index (χ0n) is 14.1. The number of aliphatic carboxylic acids is 1. The van der Waals surface area contributed by atoms with E-state index >= 15 is 0 Å². The number of amides is 1. The van der Waals surface area contributed by atoms with Gasteiger partial charge >= 0.3 is 12.1 Å². The molecule has 0 aliphatic carbocycles. The molecule has 2 atom stereocenters. The minimum atomic E-state index is -1.17. The van der Waals surface area contributed by atoms with Gasteiger partial charge in [0.2, 0.25) is 0 Å². The number of carboxylic acid groups (broad SMARTS) is 2. The van der Waals surface area contributed by atoms with E-state index < -0.39 is 30.0 Å². The highest BCUT2D eigenvalue weighted by atomic mass is 19.1. The maximum Gasteiger partial charge on any atom is 0.408 e. The average Bonchev–Trinajstić information content (AvgIpc) is 2.62. The summed E-state index contributed by atoms with van der Waals surface area (Å²) in [6.45, 7) is 1.61. The van der Waals surface area contributed by atoms with Gasteiger partial charge in [-0.05, 0) is 42.7 Å². The van der Waals surface area contributed by atoms with Crippen molar-refractivity contribution in [1.82, 2.24) is 4.90 Å². The Balaban J connectivity index is 2.14. The molecule has 1 aliphatic heterocycles. The first-order chi connectivity index (χ1) is 12.4. The van der Waals surface area contributed by atoms with Crippen LogP contribution >= 0.6 is 0 Å². The van der Waals surface area contributed by atoms with Gasteiger partial charge in [0.15, 0.2) is 6.10 Å². The Bertz CT molecular complexity index is 854. The molecule has 0 fully saturated rings. The summed E-state index contributed by atoms with van der Waals surface area (Å²) in [5.74, 6) is -1.57. The van der Waals surface area contributed by atoms with Crippen molar-refractivity contribution in [2.24, 2.45) is 0 Å². The molecule has 2 aromatic carbocycles. The van der Waals surface area contributed by atoms with Crippen molar-refractivity contribution in [3.05, 3.63) is 65.0 Å². The van der Waals surface area contributed by atoms with Crippen molar-refractivity contribution in [3.63, 3.8) is 0 Å². The third kappa shape index (κ3) is 3.33. The number of halogens is 1. The first-order valence-corrected chi connectivity index (χ1v) is 8.14. The van der Waals surface area contributed by atoms with Gasteiger partial charge in [0.05, 0.1) is 6.04 Å². The molecule has 0 bridgehead atoms. The predicted molar refractivity (Wildman–Crippen MR) is 90.8 cm³/mol. The summed E-state index contributed by atoms with van der Waals surface area (Å²) in [6.07, 6.45) is -1.74. The second-order valence-corrected chi connectivity index (χ2v) is 6.11. The summed E-state index contributed by atoms with van der Waals surface area (Å²) in [5, 5.41) is 18.7. The number of carbonyl (C=O) groups is 2. The van der Waals surface area contributed by atoms with Gasteiger partial charge in [-0.15, -0.1) is 0 Å². The highest BCUT2D eigenvalue weighted by Crippen LogP contribution is 2.39. The molecule has 3 rings (SSSR count). The number of rotatable bonds is 4. The molecule has 136 valence electrons. The third-order valence-corrected chi connectivity index (χ3v) is 4.45. The highest BCUT2D eigenvalue weighted by molar-refractivity contribution is 5.72. The van der Waals surface area contributed by atoms with Gasteiger partial charge in [-0.1, -0.05) is 24.3 Å². The van der Waals surface area contributed by atoms with Crippen LogP contribution in [0.4, 0.5) is 9.18 Å². The normalized spacial score (nSPS) is 17.3. The SMILES string of the molecule is C[C@@H](Oc1ccc(F)cc1[C@@H]1c2ccccc2CCN1C(=O)O)C(=O)O. The summed E-state index contributed by atoms with van der Waals surface area (Å²) in [6, 6.07) is 10.3. The summed E-state index contributed by atoms with van der Waals surface area (Å²) >= 11 is 0. The van der Waals surface area contributed by atoms with E-state index in [1.807, 2.05) is 12.1 Å². The van der Waals surface area contributed by atoms with Crippen molar-refractivity contribution in [2.45, 2.75) is 25.5 Å². The second-order valence-electron chi connectivity index (χ2n) is 6.11. The fourth-order valence-corrected chi connectivity index (χ4v) is 3.19. The van der Waals surface area contributed by atoms with E-state index in [-0.39, 0.29) is 17.9 Å². The molecular weight excluding hydrogens is 341 g/mol. The summed E-state index contributed by atoms with van der Waals surface area (Å²) in [7, 11) is 0. The molecule has 0 saturated carbocycles. The summed E-state index contributed by atoms with van der Waals surface area (Å²) in [4.78, 5) is 24.1. The quantitative estimate of drug-likeness (QED) is 0.875. The monoisotopic (exact) mass is 359 g/mol. The average molecular weight is 359 g/mol. The Morgan fingerprint density at radius 2 is 1.92 bits per heavy atom. The van der Waals surface area contributed by atoms with Crippen molar-refractivity contribution in [2.75, 3.05) is 6.54 Å². The fourth-order valence-electron chi connectivity index (χ4n) is 3.19. The Hall–Kier alpha value is -3.09. The van der Waals surface area contributed by atoms with Crippen LogP contribution in [-0.4, -0.2) is 39.8 Å². The largest absolute Gasteiger partial charge is 0.479 e. The van der Waals surface area contributed by atoms with Gasteiger partial charge < -0.3 is 14.9 Å². The third-order valence-electron chi connectivity index (χ3n) is 4.45. The van der Waals surface area contributed by atoms with E-state index in [4.69, 9.17) is 9.84 Å². The molecule has 0 saturated heterocycles. The van der Waals surface area contributed by atoms with Gasteiger partial charge in [0.25, 0.3) is 0 Å². The van der Waals surface area contributed by atoms with Gasteiger partial charge in [0.1, 0.15) is 11.6 Å². The van der Waals surface area contributed by atoms with Crippen molar-refractivity contribution in [3.8, 4) is 5.75 Å². The minimum absolute atomic E-state index is 0.147. The van der Waals surface area contributed by atoms with Crippen LogP contribution in [-0.2, 0) is 11.2 Å². The lowest BCUT2D eigenvalue weighted by Gasteiger charge is -2.36. The lowest BCUT2D eigenvalue weighted by Crippen LogP contribution is -2.40. The van der Waals surface area contributed by atoms with Crippen LogP contribution in [0.2, 0.25) is 0 Å². The fraction of sp³-hybridized carbons (Fsp3) is 0.263. The smallest absolute Gasteiger partial charge is 0.408 e. The highest BCUT2D eigenvalue weighted by Gasteiger charge is 2.34. The van der Waals surface area contributed by atoms with Crippen LogP contribution in [0.5, 0.6) is 5.75 Å². The Morgan fingerprint density at radius 1 is 1.19 bits per heavy atom. The van der Waals surface area contributed by atoms with Gasteiger partial charge in [0, 0.05) is 12.1 Å². The first-order valence-electron chi connectivity index (χ1n) is 8.14. The van der Waals surface area contributed by atoms with Crippen LogP contribution in [0.25, 0.3) is 0 Å². The van der Waals surface area contributed by atoms with E-state index in [1.165, 1.54) is 24.0 Å². The molecule has 1 heterocycles. The first kappa shape index (κ1) is 17.7. The van der Waals surface area contributed by atoms with Gasteiger partial charge in [-0.2, -0.15) is 0 Å². The van der Waals surface area contributed by atoms with Crippen LogP contribution < -0.4 is 4.74 Å². The zero-order valence-corrected chi connectivity index (χ0v) is 14.1. The van der Waals surface area contributed by atoms with Gasteiger partial charge in [-0.25, -0.2) is 14.0 Å². The summed E-state index contributed by atoms with van der Waals surface area (Å²) in [5.41, 5.74) is 1.99. The number of hydrogen-bond donors (Lipinski definition) is 2. The molecule has 1 amide bonds. The molecule has 0 unspecified atom stereocenters. The molecule has 6 nitrogen and oxygen atoms in total. The van der Waals surface area contributed by atoms with E-state index in [0.29, 0.717) is 6.42 Å². The van der Waals surface area contributed by atoms with Crippen LogP contribution in [0.1, 0.15) is 29.7 Å². The predicted octanol–water partition coefficient (Wildman–Crippen LogP) is 3.30. The Morgan fingerprint density at radius 3 is 2.62 bits per heavy atom. The molecule has 0 spiro atoms. The maximum atomic E-state index is 14.0. The van der Waals surface area contributed by atoms with Crippen LogP contribution in [0.15, 0.2) is 42.5 Å². The van der Waals surface area contributed by atoms with Crippen molar-refractivity contribution in [1.29, 1.82) is 0 Å². The Labute approximate surface area is 149 Å². The second kappa shape index (κ2) is 7.03. The minimum Gasteiger partial charge on any atom is -0.479 e. The molecular formula is C19H18FNO5. The lowest BCUT2D eigenvalue weighted by molar-refractivity contribution is -0.144. The number of fused-ring (bicyclic) bond motifs is 1.